The summed E-state index contributed by atoms with van der Waals surface area (Å²) in [5.74, 6) is 6.01. The second-order valence-corrected chi connectivity index (χ2v) is 19.9. The van der Waals surface area contributed by atoms with E-state index in [2.05, 4.69) is 72.8 Å². The van der Waals surface area contributed by atoms with Crippen LogP contribution < -0.4 is 88.7 Å². The van der Waals surface area contributed by atoms with Crippen molar-refractivity contribution in [2.75, 3.05) is 85.3 Å². The van der Waals surface area contributed by atoms with Crippen molar-refractivity contribution in [3.8, 4) is 80.1 Å². The summed E-state index contributed by atoms with van der Waals surface area (Å²) in [4.78, 5) is 0. The van der Waals surface area contributed by atoms with Crippen LogP contribution in [0.25, 0.3) is 32.7 Å². The Morgan fingerprint density at radius 1 is 0.257 bits per heavy atom. The number of ether oxygens (including phenoxy) is 12. The molecule has 0 amide bonds. The quantitative estimate of drug-likeness (QED) is 0.0721. The summed E-state index contributed by atoms with van der Waals surface area (Å²) in [7, 11) is 16.3. The highest BCUT2D eigenvalue weighted by molar-refractivity contribution is 7.81. The second-order valence-electron chi connectivity index (χ2n) is 15.6. The lowest BCUT2D eigenvalue weighted by molar-refractivity contribution is 0.325. The molecule has 0 unspecified atom stereocenters. The summed E-state index contributed by atoms with van der Waals surface area (Å²) in [6, 6.07) is 42.0. The van der Waals surface area contributed by atoms with Crippen LogP contribution in [0.15, 0.2) is 121 Å². The maximum absolute atomic E-state index is 6.05. The van der Waals surface area contributed by atoms with Gasteiger partial charge >= 0.3 is 0 Å². The molecule has 0 aliphatic rings. The number of rotatable bonds is 19. The fourth-order valence-corrected chi connectivity index (χ4v) is 14.1. The SMILES string of the molecule is COc1cc(P(c2cc(OC)c(OC)c(OC)c2)c2ccc3ccccc3c2-c2c(P(c3cc(OC)c(OC)c(OC)c3)c3cc(OC)c(OC)c(OC)c3)ccc3ccccc23)cc(OC)c1OC. The molecule has 0 spiro atoms. The van der Waals surface area contributed by atoms with E-state index in [0.29, 0.717) is 69.0 Å². The van der Waals surface area contributed by atoms with Crippen LogP contribution in [-0.2, 0) is 0 Å². The maximum Gasteiger partial charge on any atom is 0.203 e. The average Bonchev–Trinajstić information content (AvgIpc) is 3.41. The Morgan fingerprint density at radius 3 is 0.700 bits per heavy atom. The van der Waals surface area contributed by atoms with E-state index in [4.69, 9.17) is 56.8 Å². The lowest BCUT2D eigenvalue weighted by Gasteiger charge is -2.30. The van der Waals surface area contributed by atoms with Gasteiger partial charge in [-0.2, -0.15) is 0 Å². The lowest BCUT2D eigenvalue weighted by atomic mass is 9.93. The number of methoxy groups -OCH3 is 12. The van der Waals surface area contributed by atoms with Gasteiger partial charge in [0.1, 0.15) is 0 Å². The van der Waals surface area contributed by atoms with Gasteiger partial charge in [-0.15, -0.1) is 0 Å². The molecule has 0 saturated carbocycles. The predicted octanol–water partition coefficient (Wildman–Crippen LogP) is 9.28. The first-order valence-corrected chi connectivity index (χ1v) is 24.7. The van der Waals surface area contributed by atoms with Crippen molar-refractivity contribution in [2.45, 2.75) is 0 Å². The third-order valence-corrected chi connectivity index (χ3v) is 17.0. The Bertz CT molecular complexity index is 2750. The standard InChI is InChI=1S/C56H56O12P2/c1-57-41-25-35(26-42(58-2)53(41)65-9)69(36-27-43(59-3)54(66-10)44(28-36)60-4)49-23-21-33-17-13-15-19-39(33)51(49)52-40-20-16-14-18-34(40)22-24-50(52)70(37-29-45(61-5)55(67-11)46(30-37)62-6)38-31-47(63-7)56(68-12)48(32-38)64-8/h13-32H,1-12H3. The van der Waals surface area contributed by atoms with Gasteiger partial charge in [-0.1, -0.05) is 72.8 Å². The van der Waals surface area contributed by atoms with Gasteiger partial charge in [0.05, 0.1) is 85.3 Å². The summed E-state index contributed by atoms with van der Waals surface area (Å²) in [5, 5.41) is 9.87. The molecule has 70 heavy (non-hydrogen) atoms. The van der Waals surface area contributed by atoms with Crippen LogP contribution >= 0.6 is 15.8 Å². The van der Waals surface area contributed by atoms with Gasteiger partial charge in [-0.3, -0.25) is 0 Å². The van der Waals surface area contributed by atoms with E-state index in [1.807, 2.05) is 48.5 Å². The predicted molar refractivity (Wildman–Crippen MR) is 283 cm³/mol. The maximum atomic E-state index is 6.05. The summed E-state index contributed by atoms with van der Waals surface area (Å²) in [5.41, 5.74) is 2.04. The monoisotopic (exact) mass is 982 g/mol. The minimum Gasteiger partial charge on any atom is -0.493 e. The van der Waals surface area contributed by atoms with Crippen LogP contribution in [0.2, 0.25) is 0 Å². The van der Waals surface area contributed by atoms with Gasteiger partial charge in [0.15, 0.2) is 46.0 Å². The summed E-state index contributed by atoms with van der Waals surface area (Å²) >= 11 is 0. The van der Waals surface area contributed by atoms with Crippen molar-refractivity contribution >= 4 is 69.2 Å². The molecule has 0 fully saturated rings. The second kappa shape index (κ2) is 21.6. The third-order valence-electron chi connectivity index (χ3n) is 12.2. The molecule has 0 N–H and O–H groups in total. The summed E-state index contributed by atoms with van der Waals surface area (Å²) in [6.45, 7) is 0. The number of fused-ring (bicyclic) bond motifs is 2. The first kappa shape index (κ1) is 49.2. The van der Waals surface area contributed by atoms with E-state index in [0.717, 1.165) is 64.5 Å². The Balaban J connectivity index is 1.60. The van der Waals surface area contributed by atoms with Gasteiger partial charge in [0.25, 0.3) is 0 Å². The Labute approximate surface area is 411 Å². The van der Waals surface area contributed by atoms with E-state index in [1.54, 1.807) is 85.3 Å². The highest BCUT2D eigenvalue weighted by Gasteiger charge is 2.33. The van der Waals surface area contributed by atoms with Gasteiger partial charge in [-0.25, -0.2) is 0 Å². The minimum absolute atomic E-state index is 0.477. The fourth-order valence-electron chi connectivity index (χ4n) is 9.06. The van der Waals surface area contributed by atoms with E-state index in [9.17, 15) is 0 Å². The van der Waals surface area contributed by atoms with E-state index in [-0.39, 0.29) is 0 Å². The highest BCUT2D eigenvalue weighted by atomic mass is 31.1. The van der Waals surface area contributed by atoms with Crippen molar-refractivity contribution in [3.63, 3.8) is 0 Å². The molecule has 362 valence electrons. The minimum atomic E-state index is -1.56. The molecule has 12 nitrogen and oxygen atoms in total. The zero-order chi connectivity index (χ0) is 49.6. The first-order valence-electron chi connectivity index (χ1n) is 22.0. The zero-order valence-corrected chi connectivity index (χ0v) is 43.1. The first-order chi connectivity index (χ1) is 34.2. The Kier molecular flexibility index (Phi) is 15.2. The largest absolute Gasteiger partial charge is 0.493 e. The van der Waals surface area contributed by atoms with E-state index >= 15 is 0 Å². The molecule has 0 aliphatic heterocycles. The molecule has 0 bridgehead atoms. The molecule has 0 aromatic heterocycles. The van der Waals surface area contributed by atoms with E-state index in [1.165, 1.54) is 0 Å². The van der Waals surface area contributed by atoms with E-state index < -0.39 is 15.8 Å². The molecule has 8 aromatic carbocycles. The van der Waals surface area contributed by atoms with Crippen molar-refractivity contribution < 1.29 is 56.8 Å². The molecule has 8 aromatic rings. The van der Waals surface area contributed by atoms with Crippen molar-refractivity contribution in [1.29, 1.82) is 0 Å². The molecule has 0 saturated heterocycles. The van der Waals surface area contributed by atoms with Crippen LogP contribution in [0, 0.1) is 0 Å². The molecule has 0 atom stereocenters. The third kappa shape index (κ3) is 8.82. The normalized spacial score (nSPS) is 11.1. The molecule has 0 heterocycles. The highest BCUT2D eigenvalue weighted by Crippen LogP contribution is 2.51. The van der Waals surface area contributed by atoms with Gasteiger partial charge in [-0.05, 0) is 129 Å². The van der Waals surface area contributed by atoms with Crippen LogP contribution in [0.3, 0.4) is 0 Å². The van der Waals surface area contributed by atoms with Gasteiger partial charge < -0.3 is 56.8 Å². The van der Waals surface area contributed by atoms with Crippen molar-refractivity contribution in [3.05, 3.63) is 121 Å². The van der Waals surface area contributed by atoms with Crippen molar-refractivity contribution in [1.82, 2.24) is 0 Å². The molecule has 14 heteroatoms. The molecular formula is C56H56O12P2. The van der Waals surface area contributed by atoms with Crippen LogP contribution in [-0.4, -0.2) is 85.3 Å². The molecular weight excluding hydrogens is 927 g/mol. The lowest BCUT2D eigenvalue weighted by Crippen LogP contribution is -2.27. The van der Waals surface area contributed by atoms with Crippen LogP contribution in [0.5, 0.6) is 69.0 Å². The van der Waals surface area contributed by atoms with Gasteiger partial charge in [0.2, 0.25) is 23.0 Å². The smallest absolute Gasteiger partial charge is 0.203 e. The number of hydrogen-bond acceptors (Lipinski definition) is 12. The fraction of sp³-hybridized carbons (Fsp3) is 0.214. The topological polar surface area (TPSA) is 111 Å². The molecule has 0 radical (unpaired) electrons. The average molecular weight is 983 g/mol. The summed E-state index contributed by atoms with van der Waals surface area (Å²) < 4.78 is 71.9. The van der Waals surface area contributed by atoms with Gasteiger partial charge in [0, 0.05) is 0 Å². The molecule has 8 rings (SSSR count). The zero-order valence-electron chi connectivity index (χ0n) is 41.3. The van der Waals surface area contributed by atoms with Crippen molar-refractivity contribution in [2.24, 2.45) is 0 Å². The summed E-state index contributed by atoms with van der Waals surface area (Å²) in [6.07, 6.45) is 0. The van der Waals surface area contributed by atoms with Crippen LogP contribution in [0.1, 0.15) is 0 Å². The number of hydrogen-bond donors (Lipinski definition) is 0. The number of benzene rings is 8. The Morgan fingerprint density at radius 2 is 0.486 bits per heavy atom. The Hall–Kier alpha value is -7.26. The molecule has 0 aliphatic carbocycles. The van der Waals surface area contributed by atoms with Crippen LogP contribution in [0.4, 0.5) is 0 Å².